The Kier molecular flexibility index (Phi) is 5.80. The number of amides is 1. The van der Waals surface area contributed by atoms with Crippen molar-refractivity contribution >= 4 is 11.9 Å². The molecule has 7 heteroatoms. The van der Waals surface area contributed by atoms with Crippen LogP contribution in [0, 0.1) is 12.8 Å². The number of carbonyl (C=O) groups is 2. The van der Waals surface area contributed by atoms with E-state index in [9.17, 15) is 14.7 Å². The minimum absolute atomic E-state index is 0.153. The third-order valence-electron chi connectivity index (χ3n) is 3.75. The van der Waals surface area contributed by atoms with Crippen LogP contribution < -0.4 is 10.1 Å². The first-order valence-electron chi connectivity index (χ1n) is 8.06. The zero-order valence-corrected chi connectivity index (χ0v) is 14.8. The number of nitrogens with zero attached hydrogens (tertiary/aromatic N) is 2. The molecule has 0 bridgehead atoms. The first-order chi connectivity index (χ1) is 11.8. The van der Waals surface area contributed by atoms with Crippen LogP contribution in [0.5, 0.6) is 5.75 Å². The second-order valence-electron chi connectivity index (χ2n) is 6.27. The molecule has 0 saturated heterocycles. The highest BCUT2D eigenvalue weighted by atomic mass is 16.5. The van der Waals surface area contributed by atoms with Crippen LogP contribution >= 0.6 is 0 Å². The Labute approximate surface area is 146 Å². The fourth-order valence-electron chi connectivity index (χ4n) is 2.50. The van der Waals surface area contributed by atoms with Gasteiger partial charge in [0.25, 0.3) is 5.91 Å². The average Bonchev–Trinajstić information content (AvgIpc) is 2.95. The second-order valence-corrected chi connectivity index (χ2v) is 6.27. The van der Waals surface area contributed by atoms with E-state index in [1.165, 1.54) is 0 Å². The molecular formula is C18H23N3O4. The molecule has 1 heterocycles. The molecule has 25 heavy (non-hydrogen) atoms. The number of carboxylic acid groups (broad SMARTS) is 1. The lowest BCUT2D eigenvalue weighted by atomic mass is 10.0. The van der Waals surface area contributed by atoms with Crippen LogP contribution in [0.15, 0.2) is 30.3 Å². The maximum Gasteiger partial charge on any atom is 0.326 e. The Morgan fingerprint density at radius 3 is 2.44 bits per heavy atom. The lowest BCUT2D eigenvalue weighted by Crippen LogP contribution is -2.41. The van der Waals surface area contributed by atoms with E-state index in [1.807, 2.05) is 32.9 Å². The van der Waals surface area contributed by atoms with E-state index >= 15 is 0 Å². The fraction of sp³-hybridized carbons (Fsp3) is 0.389. The van der Waals surface area contributed by atoms with Crippen molar-refractivity contribution in [1.82, 2.24) is 15.1 Å². The van der Waals surface area contributed by atoms with Crippen LogP contribution in [0.2, 0.25) is 0 Å². The Balaban J connectivity index is 2.19. The Hall–Kier alpha value is -2.83. The van der Waals surface area contributed by atoms with E-state index < -0.39 is 17.9 Å². The quantitative estimate of drug-likeness (QED) is 0.804. The number of aliphatic carboxylic acids is 1. The molecule has 2 rings (SSSR count). The van der Waals surface area contributed by atoms with Gasteiger partial charge in [-0.25, -0.2) is 9.48 Å². The number of carbonyl (C=O) groups excluding carboxylic acids is 1. The highest BCUT2D eigenvalue weighted by Crippen LogP contribution is 2.17. The maximum atomic E-state index is 12.4. The molecule has 2 N–H and O–H groups in total. The lowest BCUT2D eigenvalue weighted by Gasteiger charge is -2.15. The molecule has 134 valence electrons. The summed E-state index contributed by atoms with van der Waals surface area (Å²) in [4.78, 5) is 23.7. The first kappa shape index (κ1) is 18.5. The van der Waals surface area contributed by atoms with Crippen LogP contribution in [0.3, 0.4) is 0 Å². The standard InChI is InChI=1S/C18H23N3O4/c1-11(2)9-16(18(23)24)19-17(22)15-10-12(3)21(20-15)13-5-7-14(25-4)8-6-13/h5-8,10-11,16H,9H2,1-4H3,(H,19,22)(H,23,24)/t16-/m0/s1. The Morgan fingerprint density at radius 2 is 1.92 bits per heavy atom. The largest absolute Gasteiger partial charge is 0.497 e. The summed E-state index contributed by atoms with van der Waals surface area (Å²) in [6, 6.07) is 7.98. The summed E-state index contributed by atoms with van der Waals surface area (Å²) in [6.45, 7) is 5.64. The van der Waals surface area contributed by atoms with Crippen LogP contribution in [0.25, 0.3) is 5.69 Å². The molecular weight excluding hydrogens is 322 g/mol. The summed E-state index contributed by atoms with van der Waals surface area (Å²) in [6.07, 6.45) is 0.360. The van der Waals surface area contributed by atoms with Gasteiger partial charge in [-0.2, -0.15) is 5.10 Å². The van der Waals surface area contributed by atoms with E-state index in [4.69, 9.17) is 4.74 Å². The number of benzene rings is 1. The zero-order chi connectivity index (χ0) is 18.6. The van der Waals surface area contributed by atoms with Gasteiger partial charge in [-0.05, 0) is 49.6 Å². The number of aryl methyl sites for hydroxylation is 1. The number of ether oxygens (including phenoxy) is 1. The third-order valence-corrected chi connectivity index (χ3v) is 3.75. The van der Waals surface area contributed by atoms with Gasteiger partial charge in [0.2, 0.25) is 0 Å². The SMILES string of the molecule is COc1ccc(-n2nc(C(=O)N[C@@H](CC(C)C)C(=O)O)cc2C)cc1. The topological polar surface area (TPSA) is 93.5 Å². The van der Waals surface area contributed by atoms with Crippen molar-refractivity contribution < 1.29 is 19.4 Å². The van der Waals surface area contributed by atoms with Crippen LogP contribution in [0.4, 0.5) is 0 Å². The van der Waals surface area contributed by atoms with E-state index in [1.54, 1.807) is 30.0 Å². The van der Waals surface area contributed by atoms with Gasteiger partial charge in [-0.1, -0.05) is 13.8 Å². The molecule has 0 saturated carbocycles. The number of aromatic nitrogens is 2. The van der Waals surface area contributed by atoms with E-state index in [-0.39, 0.29) is 11.6 Å². The summed E-state index contributed by atoms with van der Waals surface area (Å²) in [5, 5.41) is 16.1. The van der Waals surface area contributed by atoms with Gasteiger partial charge in [0.05, 0.1) is 12.8 Å². The molecule has 7 nitrogen and oxygen atoms in total. The molecule has 0 radical (unpaired) electrons. The van der Waals surface area contributed by atoms with Gasteiger partial charge in [-0.15, -0.1) is 0 Å². The molecule has 1 aromatic heterocycles. The Morgan fingerprint density at radius 1 is 1.28 bits per heavy atom. The van der Waals surface area contributed by atoms with Crippen LogP contribution in [-0.4, -0.2) is 39.9 Å². The monoisotopic (exact) mass is 345 g/mol. The van der Waals surface area contributed by atoms with Gasteiger partial charge in [0.1, 0.15) is 11.8 Å². The smallest absolute Gasteiger partial charge is 0.326 e. The molecule has 0 fully saturated rings. The number of hydrogen-bond donors (Lipinski definition) is 2. The maximum absolute atomic E-state index is 12.4. The second kappa shape index (κ2) is 7.83. The summed E-state index contributed by atoms with van der Waals surface area (Å²) in [7, 11) is 1.59. The minimum Gasteiger partial charge on any atom is -0.497 e. The van der Waals surface area contributed by atoms with Crippen molar-refractivity contribution in [3.05, 3.63) is 41.7 Å². The number of methoxy groups -OCH3 is 1. The van der Waals surface area contributed by atoms with Crippen LogP contribution in [-0.2, 0) is 4.79 Å². The molecule has 1 amide bonds. The van der Waals surface area contributed by atoms with Gasteiger partial charge >= 0.3 is 5.97 Å². The highest BCUT2D eigenvalue weighted by molar-refractivity contribution is 5.95. The van der Waals surface area contributed by atoms with Gasteiger partial charge < -0.3 is 15.2 Å². The minimum atomic E-state index is -1.05. The predicted octanol–water partition coefficient (Wildman–Crippen LogP) is 2.42. The molecule has 0 aliphatic heterocycles. The number of carboxylic acids is 1. The summed E-state index contributed by atoms with van der Waals surface area (Å²) < 4.78 is 6.76. The average molecular weight is 345 g/mol. The number of hydrogen-bond acceptors (Lipinski definition) is 4. The lowest BCUT2D eigenvalue weighted by molar-refractivity contribution is -0.139. The van der Waals surface area contributed by atoms with Crippen LogP contribution in [0.1, 0.15) is 36.5 Å². The normalized spacial score (nSPS) is 12.0. The molecule has 1 atom stereocenters. The van der Waals surface area contributed by atoms with Gasteiger partial charge in [0.15, 0.2) is 5.69 Å². The molecule has 0 spiro atoms. The van der Waals surface area contributed by atoms with Crippen molar-refractivity contribution in [1.29, 1.82) is 0 Å². The highest BCUT2D eigenvalue weighted by Gasteiger charge is 2.23. The van der Waals surface area contributed by atoms with Crippen molar-refractivity contribution in [2.45, 2.75) is 33.2 Å². The predicted molar refractivity (Wildman–Crippen MR) is 93.2 cm³/mol. The van der Waals surface area contributed by atoms with Gasteiger partial charge in [-0.3, -0.25) is 4.79 Å². The first-order valence-corrected chi connectivity index (χ1v) is 8.06. The van der Waals surface area contributed by atoms with Crippen molar-refractivity contribution in [3.63, 3.8) is 0 Å². The third kappa shape index (κ3) is 4.59. The van der Waals surface area contributed by atoms with E-state index in [2.05, 4.69) is 10.4 Å². The summed E-state index contributed by atoms with van der Waals surface area (Å²) in [5.74, 6) is -0.665. The summed E-state index contributed by atoms with van der Waals surface area (Å²) >= 11 is 0. The molecule has 1 aromatic carbocycles. The van der Waals surface area contributed by atoms with E-state index in [0.717, 1.165) is 17.1 Å². The van der Waals surface area contributed by atoms with Crippen molar-refractivity contribution in [2.75, 3.05) is 7.11 Å². The fourth-order valence-corrected chi connectivity index (χ4v) is 2.50. The van der Waals surface area contributed by atoms with Crippen molar-refractivity contribution in [2.24, 2.45) is 5.92 Å². The number of nitrogens with one attached hydrogen (secondary N) is 1. The van der Waals surface area contributed by atoms with Crippen molar-refractivity contribution in [3.8, 4) is 11.4 Å². The summed E-state index contributed by atoms with van der Waals surface area (Å²) in [5.41, 5.74) is 1.74. The Bertz CT molecular complexity index is 750. The molecule has 2 aromatic rings. The number of rotatable bonds is 7. The van der Waals surface area contributed by atoms with E-state index in [0.29, 0.717) is 6.42 Å². The molecule has 0 aliphatic rings. The van der Waals surface area contributed by atoms with Gasteiger partial charge in [0, 0.05) is 5.69 Å². The zero-order valence-electron chi connectivity index (χ0n) is 14.8. The molecule has 0 unspecified atom stereocenters. The molecule has 0 aliphatic carbocycles.